The highest BCUT2D eigenvalue weighted by molar-refractivity contribution is 5.82. The molecule has 2 N–H and O–H groups in total. The first kappa shape index (κ1) is 9.90. The van der Waals surface area contributed by atoms with Gasteiger partial charge in [-0.3, -0.25) is 4.79 Å². The minimum Gasteiger partial charge on any atom is -0.335 e. The molecule has 0 aromatic rings. The van der Waals surface area contributed by atoms with Crippen molar-refractivity contribution in [1.29, 1.82) is 0 Å². The van der Waals surface area contributed by atoms with Gasteiger partial charge in [0.2, 0.25) is 5.91 Å². The van der Waals surface area contributed by atoms with E-state index in [-0.39, 0.29) is 25.0 Å². The Bertz CT molecular complexity index is 222. The Kier molecular flexibility index (Phi) is 2.72. The summed E-state index contributed by atoms with van der Waals surface area (Å²) in [7, 11) is 0. The summed E-state index contributed by atoms with van der Waals surface area (Å²) in [6.07, 6.45) is 3.64. The molecule has 1 saturated carbocycles. The van der Waals surface area contributed by atoms with Gasteiger partial charge in [-0.05, 0) is 18.8 Å². The highest BCUT2D eigenvalue weighted by Crippen LogP contribution is 2.28. The number of likely N-dealkylation sites (tertiary alicyclic amines) is 1. The van der Waals surface area contributed by atoms with Gasteiger partial charge >= 0.3 is 0 Å². The van der Waals surface area contributed by atoms with Gasteiger partial charge in [0.25, 0.3) is 0 Å². The van der Waals surface area contributed by atoms with E-state index >= 15 is 0 Å². The molecule has 1 aliphatic carbocycles. The lowest BCUT2D eigenvalue weighted by Gasteiger charge is -2.37. The van der Waals surface area contributed by atoms with Crippen molar-refractivity contribution in [3.63, 3.8) is 0 Å². The molecule has 0 radical (unpaired) electrons. The monoisotopic (exact) mass is 200 g/mol. The van der Waals surface area contributed by atoms with E-state index in [0.717, 1.165) is 12.8 Å². The van der Waals surface area contributed by atoms with Crippen LogP contribution in [0.5, 0.6) is 0 Å². The predicted octanol–water partition coefficient (Wildman–Crippen LogP) is 0.684. The number of nitrogens with zero attached hydrogens (tertiary/aromatic N) is 1. The third-order valence-corrected chi connectivity index (χ3v) is 3.34. The molecule has 1 saturated heterocycles. The molecule has 3 nitrogen and oxygen atoms in total. The van der Waals surface area contributed by atoms with Crippen molar-refractivity contribution in [2.75, 3.05) is 13.1 Å². The van der Waals surface area contributed by atoms with Crippen molar-refractivity contribution in [1.82, 2.24) is 4.90 Å². The van der Waals surface area contributed by atoms with Gasteiger partial charge in [0.05, 0.1) is 19.1 Å². The van der Waals surface area contributed by atoms with Crippen molar-refractivity contribution in [2.24, 2.45) is 11.7 Å². The van der Waals surface area contributed by atoms with E-state index in [0.29, 0.717) is 5.92 Å². The van der Waals surface area contributed by atoms with E-state index in [9.17, 15) is 9.18 Å². The molecule has 4 heteroatoms. The van der Waals surface area contributed by atoms with Crippen molar-refractivity contribution in [2.45, 2.75) is 37.9 Å². The summed E-state index contributed by atoms with van der Waals surface area (Å²) in [5.41, 5.74) is 5.86. The lowest BCUT2D eigenvalue weighted by Crippen LogP contribution is -2.57. The third-order valence-electron chi connectivity index (χ3n) is 3.34. The SMILES string of the molecule is NC(C(=O)N1CC(F)C1)C1CCCC1. The number of hydrogen-bond acceptors (Lipinski definition) is 2. The maximum Gasteiger partial charge on any atom is 0.239 e. The highest BCUT2D eigenvalue weighted by atomic mass is 19.1. The molecule has 1 amide bonds. The Balaban J connectivity index is 1.84. The molecule has 0 aromatic carbocycles. The van der Waals surface area contributed by atoms with Gasteiger partial charge in [0.1, 0.15) is 6.17 Å². The number of rotatable bonds is 2. The summed E-state index contributed by atoms with van der Waals surface area (Å²) in [6, 6.07) is -0.384. The highest BCUT2D eigenvalue weighted by Gasteiger charge is 2.36. The number of alkyl halides is 1. The first-order valence-electron chi connectivity index (χ1n) is 5.37. The number of carbonyl (C=O) groups excluding carboxylic acids is 1. The summed E-state index contributed by atoms with van der Waals surface area (Å²) in [5.74, 6) is 0.284. The molecular formula is C10H17FN2O. The number of amides is 1. The fourth-order valence-corrected chi connectivity index (χ4v) is 2.33. The molecule has 0 bridgehead atoms. The van der Waals surface area contributed by atoms with Crippen LogP contribution in [0.1, 0.15) is 25.7 Å². The van der Waals surface area contributed by atoms with Crippen molar-refractivity contribution < 1.29 is 9.18 Å². The van der Waals surface area contributed by atoms with Gasteiger partial charge in [0, 0.05) is 0 Å². The molecular weight excluding hydrogens is 183 g/mol. The Morgan fingerprint density at radius 3 is 2.43 bits per heavy atom. The van der Waals surface area contributed by atoms with Crippen LogP contribution in [0, 0.1) is 5.92 Å². The van der Waals surface area contributed by atoms with Gasteiger partial charge in [-0.15, -0.1) is 0 Å². The van der Waals surface area contributed by atoms with E-state index in [1.165, 1.54) is 17.7 Å². The minimum absolute atomic E-state index is 0.0502. The van der Waals surface area contributed by atoms with Gasteiger partial charge in [-0.25, -0.2) is 4.39 Å². The molecule has 14 heavy (non-hydrogen) atoms. The maximum atomic E-state index is 12.5. The first-order valence-corrected chi connectivity index (χ1v) is 5.37. The molecule has 1 aliphatic heterocycles. The predicted molar refractivity (Wildman–Crippen MR) is 51.4 cm³/mol. The molecule has 2 aliphatic rings. The molecule has 1 unspecified atom stereocenters. The van der Waals surface area contributed by atoms with Crippen LogP contribution in [-0.4, -0.2) is 36.1 Å². The second kappa shape index (κ2) is 3.85. The summed E-state index contributed by atoms with van der Waals surface area (Å²) < 4.78 is 12.5. The summed E-state index contributed by atoms with van der Waals surface area (Å²) in [5, 5.41) is 0. The van der Waals surface area contributed by atoms with Gasteiger partial charge < -0.3 is 10.6 Å². The van der Waals surface area contributed by atoms with E-state index in [1.54, 1.807) is 0 Å². The smallest absolute Gasteiger partial charge is 0.239 e. The summed E-state index contributed by atoms with van der Waals surface area (Å²) in [4.78, 5) is 13.2. The normalized spacial score (nSPS) is 26.3. The van der Waals surface area contributed by atoms with Crippen molar-refractivity contribution >= 4 is 5.91 Å². The second-order valence-electron chi connectivity index (χ2n) is 4.41. The number of halogens is 1. The second-order valence-corrected chi connectivity index (χ2v) is 4.41. The Hall–Kier alpha value is -0.640. The zero-order valence-corrected chi connectivity index (χ0v) is 8.29. The third kappa shape index (κ3) is 1.75. The molecule has 1 atom stereocenters. The molecule has 0 aromatic heterocycles. The minimum atomic E-state index is -0.824. The van der Waals surface area contributed by atoms with Crippen LogP contribution in [0.15, 0.2) is 0 Å². The van der Waals surface area contributed by atoms with Gasteiger partial charge in [0.15, 0.2) is 0 Å². The van der Waals surface area contributed by atoms with Crippen LogP contribution >= 0.6 is 0 Å². The van der Waals surface area contributed by atoms with Crippen LogP contribution < -0.4 is 5.73 Å². The average Bonchev–Trinajstić information content (AvgIpc) is 2.63. The average molecular weight is 200 g/mol. The topological polar surface area (TPSA) is 46.3 Å². The molecule has 2 fully saturated rings. The Morgan fingerprint density at radius 1 is 1.36 bits per heavy atom. The molecule has 1 heterocycles. The lowest BCUT2D eigenvalue weighted by molar-refractivity contribution is -0.140. The van der Waals surface area contributed by atoms with E-state index in [2.05, 4.69) is 0 Å². The fraction of sp³-hybridized carbons (Fsp3) is 0.900. The number of carbonyl (C=O) groups is 1. The van der Waals surface area contributed by atoms with E-state index in [4.69, 9.17) is 5.73 Å². The Labute approximate surface area is 83.4 Å². The maximum absolute atomic E-state index is 12.5. The number of nitrogens with two attached hydrogens (primary N) is 1. The van der Waals surface area contributed by atoms with E-state index in [1.807, 2.05) is 0 Å². The van der Waals surface area contributed by atoms with Crippen molar-refractivity contribution in [3.05, 3.63) is 0 Å². The quantitative estimate of drug-likeness (QED) is 0.712. The van der Waals surface area contributed by atoms with Crippen LogP contribution in [0.2, 0.25) is 0 Å². The molecule has 80 valence electrons. The van der Waals surface area contributed by atoms with Crippen LogP contribution in [0.4, 0.5) is 4.39 Å². The van der Waals surface area contributed by atoms with E-state index < -0.39 is 6.17 Å². The van der Waals surface area contributed by atoms with Crippen LogP contribution in [0.3, 0.4) is 0 Å². The van der Waals surface area contributed by atoms with Crippen molar-refractivity contribution in [3.8, 4) is 0 Å². The Morgan fingerprint density at radius 2 is 1.93 bits per heavy atom. The number of hydrogen-bond donors (Lipinski definition) is 1. The lowest BCUT2D eigenvalue weighted by atomic mass is 9.96. The zero-order chi connectivity index (χ0) is 10.1. The standard InChI is InChI=1S/C10H17FN2O/c11-8-5-13(6-8)10(14)9(12)7-3-1-2-4-7/h7-9H,1-6,12H2. The summed E-state index contributed by atoms with van der Waals surface area (Å²) >= 11 is 0. The molecule has 2 rings (SSSR count). The van der Waals surface area contributed by atoms with Crippen LogP contribution in [-0.2, 0) is 4.79 Å². The molecule has 0 spiro atoms. The van der Waals surface area contributed by atoms with Crippen LogP contribution in [0.25, 0.3) is 0 Å². The first-order chi connectivity index (χ1) is 6.68. The van der Waals surface area contributed by atoms with Gasteiger partial charge in [-0.2, -0.15) is 0 Å². The largest absolute Gasteiger partial charge is 0.335 e. The zero-order valence-electron chi connectivity index (χ0n) is 8.29. The summed E-state index contributed by atoms with van der Waals surface area (Å²) in [6.45, 7) is 0.499. The van der Waals surface area contributed by atoms with Gasteiger partial charge in [-0.1, -0.05) is 12.8 Å². The fourth-order valence-electron chi connectivity index (χ4n) is 2.33.